The molecule has 0 bridgehead atoms. The summed E-state index contributed by atoms with van der Waals surface area (Å²) in [4.78, 5) is 6.85. The predicted octanol–water partition coefficient (Wildman–Crippen LogP) is 3.80. The molecule has 1 saturated carbocycles. The molecular formula is C19H23N5. The van der Waals surface area contributed by atoms with Gasteiger partial charge in [0.05, 0.1) is 17.9 Å². The summed E-state index contributed by atoms with van der Waals surface area (Å²) < 4.78 is 2.32. The molecule has 0 saturated heterocycles. The Kier molecular flexibility index (Phi) is 3.94. The molecule has 5 heteroatoms. The van der Waals surface area contributed by atoms with Gasteiger partial charge in [-0.3, -0.25) is 10.00 Å². The molecule has 1 atom stereocenters. The van der Waals surface area contributed by atoms with Gasteiger partial charge in [0.25, 0.3) is 0 Å². The first kappa shape index (κ1) is 15.1. The second-order valence-electron chi connectivity index (χ2n) is 6.65. The van der Waals surface area contributed by atoms with E-state index in [2.05, 4.69) is 63.0 Å². The normalized spacial score (nSPS) is 15.8. The van der Waals surface area contributed by atoms with Crippen molar-refractivity contribution in [2.75, 3.05) is 7.05 Å². The van der Waals surface area contributed by atoms with Crippen LogP contribution in [-0.4, -0.2) is 31.7 Å². The van der Waals surface area contributed by atoms with E-state index < -0.39 is 0 Å². The Balaban J connectivity index is 1.48. The van der Waals surface area contributed by atoms with Crippen molar-refractivity contribution < 1.29 is 0 Å². The third kappa shape index (κ3) is 2.99. The number of imidazole rings is 1. The van der Waals surface area contributed by atoms with E-state index in [0.29, 0.717) is 6.04 Å². The maximum atomic E-state index is 4.54. The van der Waals surface area contributed by atoms with Crippen LogP contribution in [0.3, 0.4) is 0 Å². The zero-order valence-electron chi connectivity index (χ0n) is 14.2. The number of rotatable bonds is 6. The van der Waals surface area contributed by atoms with Gasteiger partial charge in [0.2, 0.25) is 0 Å². The molecule has 1 aromatic carbocycles. The molecule has 2 heterocycles. The molecule has 3 aromatic rings. The van der Waals surface area contributed by atoms with Crippen molar-refractivity contribution in [3.05, 3.63) is 60.3 Å². The van der Waals surface area contributed by atoms with Crippen molar-refractivity contribution in [2.45, 2.75) is 38.4 Å². The summed E-state index contributed by atoms with van der Waals surface area (Å²) in [6.07, 6.45) is 6.58. The first-order chi connectivity index (χ1) is 11.7. The third-order valence-electron chi connectivity index (χ3n) is 4.86. The van der Waals surface area contributed by atoms with Crippen LogP contribution in [0.2, 0.25) is 0 Å². The largest absolute Gasteiger partial charge is 0.331 e. The molecule has 1 aliphatic carbocycles. The molecule has 2 aromatic heterocycles. The summed E-state index contributed by atoms with van der Waals surface area (Å²) >= 11 is 0. The van der Waals surface area contributed by atoms with Gasteiger partial charge in [-0.1, -0.05) is 30.3 Å². The smallest absolute Gasteiger partial charge is 0.123 e. The number of nitrogens with zero attached hydrogens (tertiary/aromatic N) is 4. The van der Waals surface area contributed by atoms with Crippen LogP contribution in [0, 0.1) is 0 Å². The van der Waals surface area contributed by atoms with Gasteiger partial charge in [0, 0.05) is 30.0 Å². The Morgan fingerprint density at radius 3 is 2.83 bits per heavy atom. The highest BCUT2D eigenvalue weighted by Crippen LogP contribution is 2.36. The van der Waals surface area contributed by atoms with Crippen molar-refractivity contribution in [1.29, 1.82) is 0 Å². The highest BCUT2D eigenvalue weighted by atomic mass is 15.2. The number of aromatic amines is 1. The minimum Gasteiger partial charge on any atom is -0.331 e. The summed E-state index contributed by atoms with van der Waals surface area (Å²) in [7, 11) is 2.14. The molecule has 0 spiro atoms. The van der Waals surface area contributed by atoms with E-state index in [1.54, 1.807) is 0 Å². The van der Waals surface area contributed by atoms with Crippen LogP contribution < -0.4 is 0 Å². The van der Waals surface area contributed by atoms with Crippen molar-refractivity contribution in [3.8, 4) is 11.3 Å². The number of hydrogen-bond acceptors (Lipinski definition) is 3. The van der Waals surface area contributed by atoms with Gasteiger partial charge < -0.3 is 4.57 Å². The topological polar surface area (TPSA) is 49.7 Å². The highest BCUT2D eigenvalue weighted by Gasteiger charge is 2.26. The quantitative estimate of drug-likeness (QED) is 0.751. The minimum atomic E-state index is 0.249. The van der Waals surface area contributed by atoms with Gasteiger partial charge in [-0.15, -0.1) is 0 Å². The Morgan fingerprint density at radius 2 is 2.08 bits per heavy atom. The summed E-state index contributed by atoms with van der Waals surface area (Å²) in [5.74, 6) is 1.15. The third-order valence-corrected chi connectivity index (χ3v) is 4.86. The van der Waals surface area contributed by atoms with Gasteiger partial charge in [0.15, 0.2) is 0 Å². The fourth-order valence-corrected chi connectivity index (χ4v) is 3.06. The molecule has 124 valence electrons. The van der Waals surface area contributed by atoms with E-state index in [1.807, 2.05) is 24.4 Å². The van der Waals surface area contributed by atoms with E-state index in [0.717, 1.165) is 29.3 Å². The fraction of sp³-hybridized carbons (Fsp3) is 0.368. The zero-order chi connectivity index (χ0) is 16.5. The molecule has 1 aliphatic rings. The number of benzene rings is 1. The van der Waals surface area contributed by atoms with Crippen molar-refractivity contribution in [3.63, 3.8) is 0 Å². The van der Waals surface area contributed by atoms with Crippen LogP contribution in [0.5, 0.6) is 0 Å². The highest BCUT2D eigenvalue weighted by molar-refractivity contribution is 5.59. The van der Waals surface area contributed by atoms with E-state index in [4.69, 9.17) is 0 Å². The molecule has 24 heavy (non-hydrogen) atoms. The molecule has 1 N–H and O–H groups in total. The summed E-state index contributed by atoms with van der Waals surface area (Å²) in [6.45, 7) is 3.04. The van der Waals surface area contributed by atoms with E-state index >= 15 is 0 Å². The maximum absolute atomic E-state index is 4.54. The van der Waals surface area contributed by atoms with Gasteiger partial charge in [-0.25, -0.2) is 4.98 Å². The summed E-state index contributed by atoms with van der Waals surface area (Å²) in [5.41, 5.74) is 3.25. The van der Waals surface area contributed by atoms with Crippen LogP contribution in [0.1, 0.15) is 43.4 Å². The molecule has 0 aliphatic heterocycles. The first-order valence-electron chi connectivity index (χ1n) is 8.55. The fourth-order valence-electron chi connectivity index (χ4n) is 3.06. The van der Waals surface area contributed by atoms with E-state index in [1.165, 1.54) is 12.8 Å². The molecule has 1 unspecified atom stereocenters. The van der Waals surface area contributed by atoms with Crippen LogP contribution in [0.4, 0.5) is 0 Å². The van der Waals surface area contributed by atoms with E-state index in [9.17, 15) is 0 Å². The molecule has 1 fully saturated rings. The monoisotopic (exact) mass is 321 g/mol. The molecule has 5 nitrogen and oxygen atoms in total. The van der Waals surface area contributed by atoms with E-state index in [-0.39, 0.29) is 6.04 Å². The number of aromatic nitrogens is 4. The summed E-state index contributed by atoms with van der Waals surface area (Å²) in [5, 5.41) is 7.67. The van der Waals surface area contributed by atoms with Crippen LogP contribution in [0.15, 0.2) is 48.8 Å². The lowest BCUT2D eigenvalue weighted by Crippen LogP contribution is -2.24. The Hall–Kier alpha value is -2.40. The molecule has 0 amide bonds. The van der Waals surface area contributed by atoms with Crippen molar-refractivity contribution >= 4 is 0 Å². The number of H-pyrrole nitrogens is 1. The first-order valence-corrected chi connectivity index (χ1v) is 8.55. The van der Waals surface area contributed by atoms with Crippen molar-refractivity contribution in [2.24, 2.45) is 0 Å². The minimum absolute atomic E-state index is 0.249. The van der Waals surface area contributed by atoms with Crippen molar-refractivity contribution in [1.82, 2.24) is 24.6 Å². The standard InChI is InChI=1S/C19H23N5/c1-14(17-12-18(22-21-17)15-6-4-3-5-7-15)23(2)13-19-20-10-11-24(19)16-8-9-16/h3-7,10-12,14,16H,8-9,13H2,1-2H3,(H,21,22). The molecule has 0 radical (unpaired) electrons. The second kappa shape index (κ2) is 6.24. The lowest BCUT2D eigenvalue weighted by atomic mass is 10.1. The lowest BCUT2D eigenvalue weighted by Gasteiger charge is -2.23. The Bertz CT molecular complexity index is 800. The zero-order valence-corrected chi connectivity index (χ0v) is 14.2. The second-order valence-corrected chi connectivity index (χ2v) is 6.65. The van der Waals surface area contributed by atoms with Gasteiger partial charge in [-0.2, -0.15) is 5.10 Å². The number of nitrogens with one attached hydrogen (secondary N) is 1. The van der Waals surface area contributed by atoms with Crippen LogP contribution in [-0.2, 0) is 6.54 Å². The van der Waals surface area contributed by atoms with Gasteiger partial charge in [-0.05, 0) is 32.9 Å². The lowest BCUT2D eigenvalue weighted by molar-refractivity contribution is 0.239. The average molecular weight is 321 g/mol. The Labute approximate surface area is 142 Å². The summed E-state index contributed by atoms with van der Waals surface area (Å²) in [6, 6.07) is 13.3. The Morgan fingerprint density at radius 1 is 1.29 bits per heavy atom. The van der Waals surface area contributed by atoms with Crippen LogP contribution >= 0.6 is 0 Å². The molecule has 4 rings (SSSR count). The SMILES string of the molecule is CC(c1cc(-c2ccccc2)n[nH]1)N(C)Cc1nccn1C1CC1. The molecular weight excluding hydrogens is 298 g/mol. The number of hydrogen-bond donors (Lipinski definition) is 1. The predicted molar refractivity (Wildman–Crippen MR) is 94.4 cm³/mol. The maximum Gasteiger partial charge on any atom is 0.123 e. The average Bonchev–Trinajstić information content (AvgIpc) is 3.15. The van der Waals surface area contributed by atoms with Crippen LogP contribution in [0.25, 0.3) is 11.3 Å². The van der Waals surface area contributed by atoms with Gasteiger partial charge in [0.1, 0.15) is 5.82 Å². The van der Waals surface area contributed by atoms with Gasteiger partial charge >= 0.3 is 0 Å².